The van der Waals surface area contributed by atoms with Crippen molar-refractivity contribution in [3.8, 4) is 0 Å². The molecule has 16 heavy (non-hydrogen) atoms. The summed E-state index contributed by atoms with van der Waals surface area (Å²) >= 11 is 0. The van der Waals surface area contributed by atoms with Crippen LogP contribution in [0.25, 0.3) is 0 Å². The van der Waals surface area contributed by atoms with Crippen LogP contribution in [0.3, 0.4) is 0 Å². The number of hydrogen-bond acceptors (Lipinski definition) is 2. The van der Waals surface area contributed by atoms with Crippen molar-refractivity contribution in [1.29, 1.82) is 0 Å². The summed E-state index contributed by atoms with van der Waals surface area (Å²) in [6.45, 7) is 9.29. The molecule has 0 aliphatic rings. The first kappa shape index (κ1) is 15.4. The topological polar surface area (TPSA) is 32.3 Å². The molecule has 0 heterocycles. The van der Waals surface area contributed by atoms with Crippen molar-refractivity contribution in [3.05, 3.63) is 0 Å². The number of carbonyl (C=O) groups is 1. The van der Waals surface area contributed by atoms with Gasteiger partial charge in [0.1, 0.15) is 0 Å². The average molecular weight is 228 g/mol. The van der Waals surface area contributed by atoms with E-state index in [1.165, 1.54) is 0 Å². The Morgan fingerprint density at radius 1 is 1.19 bits per heavy atom. The second-order valence-electron chi connectivity index (χ2n) is 5.46. The predicted molar refractivity (Wildman–Crippen MR) is 69.4 cm³/mol. The van der Waals surface area contributed by atoms with Crippen LogP contribution in [-0.4, -0.2) is 37.5 Å². The molecule has 0 fully saturated rings. The van der Waals surface area contributed by atoms with Gasteiger partial charge in [-0.3, -0.25) is 4.79 Å². The normalized spacial score (nSPS) is 13.6. The van der Waals surface area contributed by atoms with Gasteiger partial charge in [-0.1, -0.05) is 27.7 Å². The summed E-state index contributed by atoms with van der Waals surface area (Å²) < 4.78 is 0. The molecular formula is C13H28N2O. The molecule has 0 aromatic rings. The first-order valence-electron chi connectivity index (χ1n) is 6.29. The lowest BCUT2D eigenvalue weighted by Gasteiger charge is -2.24. The van der Waals surface area contributed by atoms with E-state index in [-0.39, 0.29) is 11.8 Å². The molecule has 0 unspecified atom stereocenters. The molecule has 0 spiro atoms. The predicted octanol–water partition coefficient (Wildman–Crippen LogP) is 2.12. The van der Waals surface area contributed by atoms with Crippen LogP contribution >= 0.6 is 0 Å². The summed E-state index contributed by atoms with van der Waals surface area (Å²) in [5.74, 6) is 0.753. The smallest absolute Gasteiger partial charge is 0.222 e. The van der Waals surface area contributed by atoms with Crippen molar-refractivity contribution < 1.29 is 4.79 Å². The summed E-state index contributed by atoms with van der Waals surface area (Å²) in [5.41, 5.74) is 0. The highest BCUT2D eigenvalue weighted by molar-refractivity contribution is 5.78. The fraction of sp³-hybridized carbons (Fsp3) is 0.923. The van der Waals surface area contributed by atoms with Gasteiger partial charge in [-0.15, -0.1) is 0 Å². The molecular weight excluding hydrogens is 200 g/mol. The van der Waals surface area contributed by atoms with E-state index in [9.17, 15) is 4.79 Å². The second-order valence-corrected chi connectivity index (χ2v) is 5.46. The van der Waals surface area contributed by atoms with Crippen LogP contribution in [0, 0.1) is 11.8 Å². The van der Waals surface area contributed by atoms with E-state index in [1.54, 1.807) is 0 Å². The van der Waals surface area contributed by atoms with Crippen molar-refractivity contribution in [2.75, 3.05) is 20.6 Å². The minimum atomic E-state index is 0.0788. The molecule has 3 nitrogen and oxygen atoms in total. The third-order valence-corrected chi connectivity index (χ3v) is 2.78. The molecule has 0 bridgehead atoms. The molecule has 0 saturated carbocycles. The average Bonchev–Trinajstić information content (AvgIpc) is 2.14. The zero-order valence-corrected chi connectivity index (χ0v) is 11.7. The maximum atomic E-state index is 11.6. The molecule has 0 aliphatic heterocycles. The Balaban J connectivity index is 4.03. The van der Waals surface area contributed by atoms with Crippen LogP contribution in [0.1, 0.15) is 40.5 Å². The zero-order valence-electron chi connectivity index (χ0n) is 11.7. The van der Waals surface area contributed by atoms with Gasteiger partial charge in [-0.25, -0.2) is 0 Å². The van der Waals surface area contributed by atoms with Crippen LogP contribution < -0.4 is 5.32 Å². The number of nitrogens with one attached hydrogen (secondary N) is 1. The minimum Gasteiger partial charge on any atom is -0.353 e. The van der Waals surface area contributed by atoms with E-state index in [0.29, 0.717) is 12.0 Å². The van der Waals surface area contributed by atoms with Crippen molar-refractivity contribution in [2.24, 2.45) is 11.8 Å². The zero-order chi connectivity index (χ0) is 12.7. The third-order valence-electron chi connectivity index (χ3n) is 2.78. The van der Waals surface area contributed by atoms with E-state index in [0.717, 1.165) is 19.4 Å². The lowest BCUT2D eigenvalue weighted by Crippen LogP contribution is -2.41. The van der Waals surface area contributed by atoms with Gasteiger partial charge in [0.15, 0.2) is 0 Å². The van der Waals surface area contributed by atoms with Gasteiger partial charge < -0.3 is 10.2 Å². The van der Waals surface area contributed by atoms with Crippen molar-refractivity contribution in [2.45, 2.75) is 46.6 Å². The molecule has 0 aliphatic carbocycles. The van der Waals surface area contributed by atoms with E-state index in [2.05, 4.69) is 38.2 Å². The van der Waals surface area contributed by atoms with Gasteiger partial charge in [0, 0.05) is 12.0 Å². The Kier molecular flexibility index (Phi) is 7.39. The van der Waals surface area contributed by atoms with Crippen LogP contribution in [0.5, 0.6) is 0 Å². The van der Waals surface area contributed by atoms with Crippen LogP contribution in [-0.2, 0) is 4.79 Å². The fourth-order valence-corrected chi connectivity index (χ4v) is 1.55. The first-order chi connectivity index (χ1) is 7.34. The summed E-state index contributed by atoms with van der Waals surface area (Å²) in [6, 6.07) is 0.315. The molecule has 1 atom stereocenters. The molecule has 0 aromatic carbocycles. The highest BCUT2D eigenvalue weighted by atomic mass is 16.1. The highest BCUT2D eigenvalue weighted by Crippen LogP contribution is 2.10. The second kappa shape index (κ2) is 7.66. The number of carbonyl (C=O) groups excluding carboxylic acids is 1. The van der Waals surface area contributed by atoms with Gasteiger partial charge in [0.25, 0.3) is 0 Å². The molecule has 1 amide bonds. The number of amides is 1. The highest BCUT2D eigenvalue weighted by Gasteiger charge is 2.17. The first-order valence-corrected chi connectivity index (χ1v) is 6.29. The van der Waals surface area contributed by atoms with E-state index in [4.69, 9.17) is 0 Å². The maximum Gasteiger partial charge on any atom is 0.222 e. The van der Waals surface area contributed by atoms with Crippen molar-refractivity contribution in [1.82, 2.24) is 10.2 Å². The third kappa shape index (κ3) is 6.83. The molecule has 0 rings (SSSR count). The standard InChI is InChI=1S/C13H28N2O/c1-10(2)12(8-7-9-15(5)6)14-13(16)11(3)4/h10-12H,7-9H2,1-6H3,(H,14,16)/t12-/m1/s1. The quantitative estimate of drug-likeness (QED) is 0.724. The number of hydrogen-bond donors (Lipinski definition) is 1. The number of nitrogens with zero attached hydrogens (tertiary/aromatic N) is 1. The van der Waals surface area contributed by atoms with Crippen molar-refractivity contribution in [3.63, 3.8) is 0 Å². The number of rotatable bonds is 7. The van der Waals surface area contributed by atoms with E-state index < -0.39 is 0 Å². The van der Waals surface area contributed by atoms with Gasteiger partial charge in [-0.2, -0.15) is 0 Å². The Hall–Kier alpha value is -0.570. The lowest BCUT2D eigenvalue weighted by molar-refractivity contribution is -0.125. The molecule has 1 N–H and O–H groups in total. The maximum absolute atomic E-state index is 11.6. The Labute approximate surface area is 101 Å². The van der Waals surface area contributed by atoms with Crippen molar-refractivity contribution >= 4 is 5.91 Å². The summed E-state index contributed by atoms with van der Waals surface area (Å²) in [7, 11) is 4.16. The molecule has 0 radical (unpaired) electrons. The minimum absolute atomic E-state index is 0.0788. The van der Waals surface area contributed by atoms with E-state index >= 15 is 0 Å². The summed E-state index contributed by atoms with van der Waals surface area (Å²) in [4.78, 5) is 13.8. The van der Waals surface area contributed by atoms with Crippen LogP contribution in [0.4, 0.5) is 0 Å². The van der Waals surface area contributed by atoms with Gasteiger partial charge >= 0.3 is 0 Å². The fourth-order valence-electron chi connectivity index (χ4n) is 1.55. The van der Waals surface area contributed by atoms with Gasteiger partial charge in [-0.05, 0) is 39.4 Å². The summed E-state index contributed by atoms with van der Waals surface area (Å²) in [6.07, 6.45) is 2.20. The van der Waals surface area contributed by atoms with Crippen LogP contribution in [0.2, 0.25) is 0 Å². The largest absolute Gasteiger partial charge is 0.353 e. The van der Waals surface area contributed by atoms with Gasteiger partial charge in [0.2, 0.25) is 5.91 Å². The Morgan fingerprint density at radius 2 is 1.75 bits per heavy atom. The van der Waals surface area contributed by atoms with E-state index in [1.807, 2.05) is 13.8 Å². The Bertz CT molecular complexity index is 200. The van der Waals surface area contributed by atoms with Crippen LogP contribution in [0.15, 0.2) is 0 Å². The van der Waals surface area contributed by atoms with Gasteiger partial charge in [0.05, 0.1) is 0 Å². The SMILES string of the molecule is CC(C)C(=O)N[C@H](CCCN(C)C)C(C)C. The lowest BCUT2D eigenvalue weighted by atomic mass is 9.98. The molecule has 3 heteroatoms. The molecule has 96 valence electrons. The Morgan fingerprint density at radius 3 is 2.12 bits per heavy atom. The molecule has 0 aromatic heterocycles. The monoisotopic (exact) mass is 228 g/mol. The molecule has 0 saturated heterocycles. The summed E-state index contributed by atoms with van der Waals surface area (Å²) in [5, 5.41) is 3.13.